The molecule has 13 heteroatoms. The van der Waals surface area contributed by atoms with Gasteiger partial charge in [0.25, 0.3) is 0 Å². The van der Waals surface area contributed by atoms with Crippen molar-refractivity contribution >= 4 is 45.6 Å². The molecule has 4 fully saturated rings. The average Bonchev–Trinajstić information content (AvgIpc) is 3.70. The molecule has 4 aromatic rings. The average molecular weight is 683 g/mol. The first-order chi connectivity index (χ1) is 22.7. The highest BCUT2D eigenvalue weighted by Crippen LogP contribution is 2.47. The van der Waals surface area contributed by atoms with E-state index in [1.54, 1.807) is 6.07 Å². The molecular formula is C35H35ClF4N6O2. The van der Waals surface area contributed by atoms with Crippen LogP contribution in [-0.4, -0.2) is 78.6 Å². The van der Waals surface area contributed by atoms with E-state index in [1.807, 2.05) is 4.90 Å². The van der Waals surface area contributed by atoms with E-state index < -0.39 is 34.7 Å². The van der Waals surface area contributed by atoms with Crippen molar-refractivity contribution in [2.24, 2.45) is 0 Å². The Kier molecular flexibility index (Phi) is 8.21. The van der Waals surface area contributed by atoms with Gasteiger partial charge in [-0.1, -0.05) is 12.0 Å². The highest BCUT2D eigenvalue weighted by atomic mass is 35.5. The fraction of sp³-hybridized carbons (Fsp3) is 0.429. The number of benzene rings is 3. The number of halogens is 5. The lowest BCUT2D eigenvalue weighted by molar-refractivity contribution is 0.107. The topological polar surface area (TPSA) is 88.8 Å². The van der Waals surface area contributed by atoms with E-state index in [0.29, 0.717) is 31.4 Å². The van der Waals surface area contributed by atoms with Gasteiger partial charge < -0.3 is 25.4 Å². The van der Waals surface area contributed by atoms with Gasteiger partial charge in [-0.25, -0.2) is 17.6 Å². The van der Waals surface area contributed by atoms with E-state index >= 15 is 8.78 Å². The molecule has 252 valence electrons. The number of hydrogen-bond acceptors (Lipinski definition) is 8. The summed E-state index contributed by atoms with van der Waals surface area (Å²) < 4.78 is 75.3. The number of alkyl halides is 1. The molecule has 1 aromatic heterocycles. The minimum Gasteiger partial charge on any atom is -0.493 e. The molecular weight excluding hydrogens is 648 g/mol. The molecule has 3 aromatic carbocycles. The maximum absolute atomic E-state index is 17.1. The van der Waals surface area contributed by atoms with Crippen LogP contribution in [0.3, 0.4) is 0 Å². The van der Waals surface area contributed by atoms with Gasteiger partial charge in [0.2, 0.25) is 0 Å². The zero-order chi connectivity index (χ0) is 32.6. The first kappa shape index (κ1) is 32.5. The first-order valence-corrected chi connectivity index (χ1v) is 16.0. The number of methoxy groups -OCH3 is 1. The van der Waals surface area contributed by atoms with Crippen LogP contribution in [0.1, 0.15) is 37.7 Å². The number of nitrogen functional groups attached to an aromatic ring is 1. The van der Waals surface area contributed by atoms with Crippen LogP contribution < -0.4 is 25.4 Å². The van der Waals surface area contributed by atoms with Crippen molar-refractivity contribution in [3.8, 4) is 35.2 Å². The van der Waals surface area contributed by atoms with E-state index in [-0.39, 0.29) is 81.8 Å². The van der Waals surface area contributed by atoms with Crippen molar-refractivity contribution in [3.05, 3.63) is 47.3 Å². The van der Waals surface area contributed by atoms with Gasteiger partial charge in [-0.05, 0) is 61.4 Å². The summed E-state index contributed by atoms with van der Waals surface area (Å²) in [4.78, 5) is 13.4. The second kappa shape index (κ2) is 12.1. The monoisotopic (exact) mass is 682 g/mol. The van der Waals surface area contributed by atoms with Gasteiger partial charge in [0.1, 0.15) is 29.9 Å². The van der Waals surface area contributed by atoms with E-state index in [2.05, 4.69) is 21.1 Å². The Bertz CT molecular complexity index is 1980. The molecule has 0 radical (unpaired) electrons. The second-order valence-electron chi connectivity index (χ2n) is 13.2. The van der Waals surface area contributed by atoms with E-state index in [1.165, 1.54) is 25.3 Å². The van der Waals surface area contributed by atoms with Gasteiger partial charge in [0, 0.05) is 49.2 Å². The first-order valence-electron chi connectivity index (χ1n) is 16.0. The second-order valence-corrected chi connectivity index (χ2v) is 13.2. The fourth-order valence-electron chi connectivity index (χ4n) is 8.38. The Morgan fingerprint density at radius 1 is 1.08 bits per heavy atom. The Morgan fingerprint density at radius 2 is 1.85 bits per heavy atom. The number of hydrogen-bond donors (Lipinski definition) is 2. The number of nitrogens with two attached hydrogens (primary N) is 1. The van der Waals surface area contributed by atoms with Crippen molar-refractivity contribution in [1.82, 2.24) is 20.2 Å². The van der Waals surface area contributed by atoms with Gasteiger partial charge >= 0.3 is 6.01 Å². The number of rotatable bonds is 6. The van der Waals surface area contributed by atoms with Gasteiger partial charge in [-0.2, -0.15) is 9.97 Å². The number of aromatic nitrogens is 2. The van der Waals surface area contributed by atoms with Crippen LogP contribution in [-0.2, 0) is 0 Å². The molecule has 0 saturated carbocycles. The van der Waals surface area contributed by atoms with Gasteiger partial charge in [0.05, 0.1) is 29.2 Å². The molecule has 2 unspecified atom stereocenters. The summed E-state index contributed by atoms with van der Waals surface area (Å²) in [6.45, 7) is 2.37. The molecule has 5 heterocycles. The summed E-state index contributed by atoms with van der Waals surface area (Å²) >= 11 is 0. The van der Waals surface area contributed by atoms with Gasteiger partial charge in [0.15, 0.2) is 17.4 Å². The minimum absolute atomic E-state index is 0. The van der Waals surface area contributed by atoms with Crippen molar-refractivity contribution < 1.29 is 27.0 Å². The largest absolute Gasteiger partial charge is 0.493 e. The lowest BCUT2D eigenvalue weighted by atomic mass is 9.92. The van der Waals surface area contributed by atoms with Crippen molar-refractivity contribution in [2.45, 2.75) is 55.9 Å². The van der Waals surface area contributed by atoms with Crippen molar-refractivity contribution in [1.29, 1.82) is 0 Å². The lowest BCUT2D eigenvalue weighted by Crippen LogP contribution is -2.51. The third kappa shape index (κ3) is 5.06. The van der Waals surface area contributed by atoms with Crippen molar-refractivity contribution in [2.75, 3.05) is 50.5 Å². The molecule has 0 amide bonds. The number of anilines is 2. The molecule has 48 heavy (non-hydrogen) atoms. The predicted molar refractivity (Wildman–Crippen MR) is 179 cm³/mol. The standard InChI is InChI=1S/C35H34F4N6O2.ClH/c1-3-23-25(37)8-5-18-11-20(40)12-24(26(18)23)27-29(38)31-28(32(46-2)30(27)39)33(44-15-21-6-7-22(16-44)41-21)43-34(42-31)47-17-35-9-4-10-45(35)14-19(36)13-35;/h1,5,8,11-12,19,21-22,41H,4,6-7,9-10,13-17,40H2,2H3;1H/t19-,21?,22?,35+;/m1./s1. The predicted octanol–water partition coefficient (Wildman–Crippen LogP) is 5.76. The number of piperazine rings is 1. The zero-order valence-corrected chi connectivity index (χ0v) is 27.1. The Balaban J connectivity index is 0.00000364. The van der Waals surface area contributed by atoms with Gasteiger partial charge in [-0.15, -0.1) is 18.8 Å². The molecule has 8 rings (SSSR count). The molecule has 4 aliphatic rings. The van der Waals surface area contributed by atoms with E-state index in [9.17, 15) is 8.78 Å². The third-order valence-corrected chi connectivity index (χ3v) is 10.4. The third-order valence-electron chi connectivity index (χ3n) is 10.4. The van der Waals surface area contributed by atoms with Crippen LogP contribution in [0.5, 0.6) is 11.8 Å². The maximum atomic E-state index is 17.1. The molecule has 3 N–H and O–H groups in total. The number of nitrogens with one attached hydrogen (secondary N) is 1. The van der Waals surface area contributed by atoms with Crippen LogP contribution in [0.15, 0.2) is 24.3 Å². The summed E-state index contributed by atoms with van der Waals surface area (Å²) in [5.74, 6) is -0.403. The quantitative estimate of drug-likeness (QED) is 0.151. The number of fused-ring (bicyclic) bond motifs is 5. The van der Waals surface area contributed by atoms with E-state index in [0.717, 1.165) is 32.2 Å². The lowest BCUT2D eigenvalue weighted by Gasteiger charge is -2.35. The molecule has 4 saturated heterocycles. The molecule has 2 bridgehead atoms. The Morgan fingerprint density at radius 3 is 2.58 bits per heavy atom. The van der Waals surface area contributed by atoms with Crippen LogP contribution in [0.4, 0.5) is 29.1 Å². The maximum Gasteiger partial charge on any atom is 0.319 e. The van der Waals surface area contributed by atoms with Crippen molar-refractivity contribution in [3.63, 3.8) is 0 Å². The Labute approximate surface area is 281 Å². The smallest absolute Gasteiger partial charge is 0.319 e. The molecule has 0 aliphatic carbocycles. The Hall–Kier alpha value is -4.05. The normalized spacial score (nSPS) is 24.9. The number of ether oxygens (including phenoxy) is 2. The fourth-order valence-corrected chi connectivity index (χ4v) is 8.38. The number of nitrogens with zero attached hydrogens (tertiary/aromatic N) is 4. The van der Waals surface area contributed by atoms with Gasteiger partial charge in [-0.3, -0.25) is 4.90 Å². The van der Waals surface area contributed by atoms with Crippen LogP contribution >= 0.6 is 12.4 Å². The van der Waals surface area contributed by atoms with Crippen LogP contribution in [0.25, 0.3) is 32.8 Å². The molecule has 8 nitrogen and oxygen atoms in total. The van der Waals surface area contributed by atoms with E-state index in [4.69, 9.17) is 26.6 Å². The molecule has 0 spiro atoms. The highest BCUT2D eigenvalue weighted by Gasteiger charge is 2.49. The highest BCUT2D eigenvalue weighted by molar-refractivity contribution is 6.06. The minimum atomic E-state index is -1.02. The molecule has 4 aliphatic heterocycles. The zero-order valence-electron chi connectivity index (χ0n) is 26.3. The SMILES string of the molecule is C#Cc1c(F)ccc2cc(N)cc(-c3c(F)c(OC)c4c(N5CC6CCC(C5)N6)nc(OC[C@@]56CCCN5C[C@H](F)C6)nc4c3F)c12.Cl. The summed E-state index contributed by atoms with van der Waals surface area (Å²) in [6, 6.07) is 5.85. The summed E-state index contributed by atoms with van der Waals surface area (Å²) in [7, 11) is 1.29. The molecule has 4 atom stereocenters. The number of terminal acetylenes is 1. The van der Waals surface area contributed by atoms with Crippen LogP contribution in [0, 0.1) is 29.8 Å². The van der Waals surface area contributed by atoms with Crippen LogP contribution in [0.2, 0.25) is 0 Å². The summed E-state index contributed by atoms with van der Waals surface area (Å²) in [5, 5.41) is 4.17. The summed E-state index contributed by atoms with van der Waals surface area (Å²) in [5.41, 5.74) is 4.97. The summed E-state index contributed by atoms with van der Waals surface area (Å²) in [6.07, 6.45) is 8.70.